The van der Waals surface area contributed by atoms with Crippen LogP contribution in [-0.4, -0.2) is 16.0 Å². The highest BCUT2D eigenvalue weighted by Crippen LogP contribution is 2.46. The van der Waals surface area contributed by atoms with Crippen molar-refractivity contribution in [3.8, 4) is 0 Å². The zero-order valence-corrected chi connectivity index (χ0v) is 9.33. The van der Waals surface area contributed by atoms with Crippen molar-refractivity contribution in [2.75, 3.05) is 10.7 Å². The lowest BCUT2D eigenvalue weighted by Gasteiger charge is -2.10. The van der Waals surface area contributed by atoms with E-state index in [1.165, 1.54) is 6.42 Å². The molecule has 1 unspecified atom stereocenters. The van der Waals surface area contributed by atoms with Crippen LogP contribution in [0.3, 0.4) is 0 Å². The average Bonchev–Trinajstić information content (AvgIpc) is 2.78. The molecule has 0 bridgehead atoms. The van der Waals surface area contributed by atoms with E-state index in [9.17, 15) is 0 Å². The van der Waals surface area contributed by atoms with E-state index < -0.39 is 0 Å². The fourth-order valence-electron chi connectivity index (χ4n) is 1.54. The maximum Gasteiger partial charge on any atom is 0.239 e. The molecule has 1 aromatic rings. The SMILES string of the molecule is Cc1cnc(NN)nc1NC1CC1(C)C. The highest BCUT2D eigenvalue weighted by Gasteiger charge is 2.46. The van der Waals surface area contributed by atoms with Crippen molar-refractivity contribution < 1.29 is 0 Å². The molecule has 1 saturated carbocycles. The smallest absolute Gasteiger partial charge is 0.239 e. The number of nitrogens with one attached hydrogen (secondary N) is 2. The van der Waals surface area contributed by atoms with Crippen molar-refractivity contribution >= 4 is 11.8 Å². The van der Waals surface area contributed by atoms with E-state index in [1.54, 1.807) is 6.20 Å². The summed E-state index contributed by atoms with van der Waals surface area (Å²) in [5, 5.41) is 3.40. The molecule has 1 fully saturated rings. The van der Waals surface area contributed by atoms with Crippen LogP contribution in [-0.2, 0) is 0 Å². The Morgan fingerprint density at radius 2 is 2.20 bits per heavy atom. The molecule has 82 valence electrons. The average molecular weight is 207 g/mol. The van der Waals surface area contributed by atoms with Gasteiger partial charge in [-0.15, -0.1) is 0 Å². The zero-order valence-electron chi connectivity index (χ0n) is 9.33. The van der Waals surface area contributed by atoms with Gasteiger partial charge >= 0.3 is 0 Å². The quantitative estimate of drug-likeness (QED) is 0.514. The maximum absolute atomic E-state index is 5.27. The molecule has 0 amide bonds. The number of aryl methyl sites for hydroxylation is 1. The van der Waals surface area contributed by atoms with Crippen LogP contribution in [0.15, 0.2) is 6.20 Å². The van der Waals surface area contributed by atoms with Gasteiger partial charge in [-0.3, -0.25) is 5.43 Å². The second kappa shape index (κ2) is 3.34. The minimum Gasteiger partial charge on any atom is -0.366 e. The van der Waals surface area contributed by atoms with E-state index in [4.69, 9.17) is 5.84 Å². The van der Waals surface area contributed by atoms with Crippen molar-refractivity contribution in [2.45, 2.75) is 33.2 Å². The Kier molecular flexibility index (Phi) is 2.26. The highest BCUT2D eigenvalue weighted by atomic mass is 15.3. The summed E-state index contributed by atoms with van der Waals surface area (Å²) in [5.41, 5.74) is 3.87. The fraction of sp³-hybridized carbons (Fsp3) is 0.600. The van der Waals surface area contributed by atoms with E-state index in [1.807, 2.05) is 6.92 Å². The summed E-state index contributed by atoms with van der Waals surface area (Å²) in [4.78, 5) is 8.31. The number of nitrogens with zero attached hydrogens (tertiary/aromatic N) is 2. The molecule has 0 spiro atoms. The molecular weight excluding hydrogens is 190 g/mol. The number of rotatable bonds is 3. The number of hydrogen-bond acceptors (Lipinski definition) is 5. The first kappa shape index (κ1) is 10.2. The summed E-state index contributed by atoms with van der Waals surface area (Å²) in [6.07, 6.45) is 2.95. The number of hydrogen-bond donors (Lipinski definition) is 3. The van der Waals surface area contributed by atoms with Crippen LogP contribution in [0.5, 0.6) is 0 Å². The second-order valence-electron chi connectivity index (χ2n) is 4.76. The van der Waals surface area contributed by atoms with Gasteiger partial charge in [-0.25, -0.2) is 10.8 Å². The minimum atomic E-state index is 0.383. The van der Waals surface area contributed by atoms with Crippen molar-refractivity contribution in [2.24, 2.45) is 11.3 Å². The number of aromatic nitrogens is 2. The minimum absolute atomic E-state index is 0.383. The van der Waals surface area contributed by atoms with Crippen molar-refractivity contribution in [1.29, 1.82) is 0 Å². The van der Waals surface area contributed by atoms with Gasteiger partial charge in [0.1, 0.15) is 5.82 Å². The fourth-order valence-corrected chi connectivity index (χ4v) is 1.54. The Hall–Kier alpha value is -1.36. The van der Waals surface area contributed by atoms with E-state index in [2.05, 4.69) is 34.6 Å². The number of hydrazine groups is 1. The van der Waals surface area contributed by atoms with Gasteiger partial charge in [-0.05, 0) is 18.8 Å². The van der Waals surface area contributed by atoms with Crippen LogP contribution in [0, 0.1) is 12.3 Å². The molecule has 1 aliphatic rings. The van der Waals surface area contributed by atoms with Gasteiger partial charge in [0, 0.05) is 17.8 Å². The molecular formula is C10H17N5. The van der Waals surface area contributed by atoms with E-state index in [0.29, 0.717) is 17.4 Å². The molecule has 15 heavy (non-hydrogen) atoms. The van der Waals surface area contributed by atoms with Crippen molar-refractivity contribution in [1.82, 2.24) is 9.97 Å². The molecule has 5 heteroatoms. The third-order valence-corrected chi connectivity index (χ3v) is 2.93. The van der Waals surface area contributed by atoms with E-state index >= 15 is 0 Å². The summed E-state index contributed by atoms with van der Waals surface area (Å²) < 4.78 is 0. The maximum atomic E-state index is 5.27. The van der Waals surface area contributed by atoms with Crippen LogP contribution in [0.25, 0.3) is 0 Å². The normalized spacial score (nSPS) is 22.3. The Morgan fingerprint density at radius 1 is 1.53 bits per heavy atom. The number of anilines is 2. The molecule has 1 atom stereocenters. The van der Waals surface area contributed by atoms with E-state index in [0.717, 1.165) is 11.4 Å². The molecule has 0 aliphatic heterocycles. The number of nitrogen functional groups attached to an aromatic ring is 1. The number of nitrogens with two attached hydrogens (primary N) is 1. The first-order chi connectivity index (χ1) is 7.03. The van der Waals surface area contributed by atoms with Gasteiger partial charge in [-0.1, -0.05) is 13.8 Å². The molecule has 4 N–H and O–H groups in total. The molecule has 5 nitrogen and oxygen atoms in total. The highest BCUT2D eigenvalue weighted by molar-refractivity contribution is 5.48. The molecule has 0 aromatic carbocycles. The molecule has 2 rings (SSSR count). The standard InChI is InChI=1S/C10H17N5/c1-6-5-12-9(15-11)14-8(6)13-7-4-10(7,2)3/h5,7H,4,11H2,1-3H3,(H2,12,13,14,15). The predicted molar refractivity (Wildman–Crippen MR) is 60.4 cm³/mol. The summed E-state index contributed by atoms with van der Waals surface area (Å²) in [5.74, 6) is 6.58. The van der Waals surface area contributed by atoms with Gasteiger partial charge in [-0.2, -0.15) is 4.98 Å². The van der Waals surface area contributed by atoms with Crippen LogP contribution in [0.2, 0.25) is 0 Å². The zero-order chi connectivity index (χ0) is 11.1. The first-order valence-corrected chi connectivity index (χ1v) is 5.10. The molecule has 1 aliphatic carbocycles. The molecule has 0 radical (unpaired) electrons. The van der Waals surface area contributed by atoms with Crippen LogP contribution >= 0.6 is 0 Å². The lowest BCUT2D eigenvalue weighted by Crippen LogP contribution is -2.15. The summed E-state index contributed by atoms with van der Waals surface area (Å²) in [7, 11) is 0. The summed E-state index contributed by atoms with van der Waals surface area (Å²) in [6, 6.07) is 0.511. The Labute approximate surface area is 89.5 Å². The third kappa shape index (κ3) is 2.02. The Balaban J connectivity index is 2.14. The van der Waals surface area contributed by atoms with Gasteiger partial charge in [0.2, 0.25) is 5.95 Å². The molecule has 0 saturated heterocycles. The van der Waals surface area contributed by atoms with E-state index in [-0.39, 0.29) is 0 Å². The van der Waals surface area contributed by atoms with Crippen molar-refractivity contribution in [3.63, 3.8) is 0 Å². The topological polar surface area (TPSA) is 75.9 Å². The summed E-state index contributed by atoms with van der Waals surface area (Å²) >= 11 is 0. The second-order valence-corrected chi connectivity index (χ2v) is 4.76. The Morgan fingerprint density at radius 3 is 2.73 bits per heavy atom. The van der Waals surface area contributed by atoms with Crippen LogP contribution in [0.4, 0.5) is 11.8 Å². The lowest BCUT2D eigenvalue weighted by atomic mass is 10.2. The van der Waals surface area contributed by atoms with Gasteiger partial charge in [0.05, 0.1) is 0 Å². The Bertz CT molecular complexity index is 374. The lowest BCUT2D eigenvalue weighted by molar-refractivity contribution is 0.629. The molecule has 1 heterocycles. The predicted octanol–water partition coefficient (Wildman–Crippen LogP) is 1.28. The third-order valence-electron chi connectivity index (χ3n) is 2.93. The summed E-state index contributed by atoms with van der Waals surface area (Å²) in [6.45, 7) is 6.46. The largest absolute Gasteiger partial charge is 0.366 e. The van der Waals surface area contributed by atoms with Gasteiger partial charge in [0.15, 0.2) is 0 Å². The van der Waals surface area contributed by atoms with Gasteiger partial charge < -0.3 is 5.32 Å². The molecule has 1 aromatic heterocycles. The van der Waals surface area contributed by atoms with Crippen LogP contribution in [0.1, 0.15) is 25.8 Å². The van der Waals surface area contributed by atoms with Crippen molar-refractivity contribution in [3.05, 3.63) is 11.8 Å². The van der Waals surface area contributed by atoms with Gasteiger partial charge in [0.25, 0.3) is 0 Å². The van der Waals surface area contributed by atoms with Crippen LogP contribution < -0.4 is 16.6 Å². The monoisotopic (exact) mass is 207 g/mol. The first-order valence-electron chi connectivity index (χ1n) is 5.10.